The summed E-state index contributed by atoms with van der Waals surface area (Å²) < 4.78 is 0. The second kappa shape index (κ2) is 8.48. The van der Waals surface area contributed by atoms with E-state index in [0.29, 0.717) is 19.5 Å². The maximum atomic E-state index is 12.5. The van der Waals surface area contributed by atoms with E-state index in [1.807, 2.05) is 47.8 Å². The zero-order valence-electron chi connectivity index (χ0n) is 12.4. The van der Waals surface area contributed by atoms with Gasteiger partial charge < -0.3 is 16.4 Å². The van der Waals surface area contributed by atoms with Gasteiger partial charge in [-0.25, -0.2) is 0 Å². The molecule has 0 bridgehead atoms. The van der Waals surface area contributed by atoms with Crippen LogP contribution in [-0.2, 0) is 11.3 Å². The number of rotatable bonds is 7. The predicted octanol–water partition coefficient (Wildman–Crippen LogP) is 2.42. The van der Waals surface area contributed by atoms with E-state index in [0.717, 1.165) is 10.4 Å². The molecule has 116 valence electrons. The van der Waals surface area contributed by atoms with Crippen LogP contribution in [0.25, 0.3) is 6.08 Å². The molecule has 0 saturated carbocycles. The molecule has 22 heavy (non-hydrogen) atoms. The third-order valence-corrected chi connectivity index (χ3v) is 4.13. The van der Waals surface area contributed by atoms with Gasteiger partial charge in [-0.3, -0.25) is 4.79 Å². The van der Waals surface area contributed by atoms with Gasteiger partial charge in [-0.05, 0) is 36.1 Å². The molecule has 1 unspecified atom stereocenters. The summed E-state index contributed by atoms with van der Waals surface area (Å²) in [5, 5.41) is 1.99. The standard InChI is InChI=1S/C17H21N3OS/c18-11-10-16(19)20(13-15-7-4-12-22-15)17(21)9-8-14-5-2-1-3-6-14/h1-9,12,16H,10-11,13,18-19H2/b9-8+. The molecule has 4 N–H and O–H groups in total. The summed E-state index contributed by atoms with van der Waals surface area (Å²) in [5.41, 5.74) is 12.7. The molecule has 0 aliphatic rings. The first kappa shape index (κ1) is 16.4. The van der Waals surface area contributed by atoms with Gasteiger partial charge in [0.15, 0.2) is 0 Å². The molecule has 0 radical (unpaired) electrons. The maximum absolute atomic E-state index is 12.5. The normalized spacial score (nSPS) is 12.5. The third-order valence-electron chi connectivity index (χ3n) is 3.27. The molecule has 0 fully saturated rings. The third kappa shape index (κ3) is 4.80. The van der Waals surface area contributed by atoms with Crippen molar-refractivity contribution in [2.45, 2.75) is 19.1 Å². The van der Waals surface area contributed by atoms with Crippen LogP contribution in [0.4, 0.5) is 0 Å². The molecule has 2 aromatic rings. The fourth-order valence-electron chi connectivity index (χ4n) is 2.08. The molecular weight excluding hydrogens is 294 g/mol. The van der Waals surface area contributed by atoms with Crippen molar-refractivity contribution in [2.24, 2.45) is 11.5 Å². The highest BCUT2D eigenvalue weighted by atomic mass is 32.1. The number of nitrogens with zero attached hydrogens (tertiary/aromatic N) is 1. The highest BCUT2D eigenvalue weighted by Crippen LogP contribution is 2.14. The van der Waals surface area contributed by atoms with E-state index in [1.165, 1.54) is 0 Å². The molecule has 2 rings (SSSR count). The number of carbonyl (C=O) groups excluding carboxylic acids is 1. The lowest BCUT2D eigenvalue weighted by molar-refractivity contribution is -0.128. The van der Waals surface area contributed by atoms with Crippen LogP contribution in [-0.4, -0.2) is 23.5 Å². The van der Waals surface area contributed by atoms with Crippen molar-refractivity contribution in [3.63, 3.8) is 0 Å². The molecule has 0 aliphatic carbocycles. The summed E-state index contributed by atoms with van der Waals surface area (Å²) in [6.45, 7) is 0.967. The van der Waals surface area contributed by atoms with Crippen molar-refractivity contribution < 1.29 is 4.79 Å². The summed E-state index contributed by atoms with van der Waals surface area (Å²) in [4.78, 5) is 15.3. The first-order valence-corrected chi connectivity index (χ1v) is 8.10. The van der Waals surface area contributed by atoms with Gasteiger partial charge in [-0.2, -0.15) is 0 Å². The van der Waals surface area contributed by atoms with Gasteiger partial charge >= 0.3 is 0 Å². The fraction of sp³-hybridized carbons (Fsp3) is 0.235. The van der Waals surface area contributed by atoms with E-state index in [9.17, 15) is 4.79 Å². The highest BCUT2D eigenvalue weighted by molar-refractivity contribution is 7.09. The van der Waals surface area contributed by atoms with Crippen LogP contribution >= 0.6 is 11.3 Å². The van der Waals surface area contributed by atoms with Crippen LogP contribution in [0.5, 0.6) is 0 Å². The Bertz CT molecular complexity index is 596. The summed E-state index contributed by atoms with van der Waals surface area (Å²) in [5.74, 6) is -0.0989. The lowest BCUT2D eigenvalue weighted by Crippen LogP contribution is -2.45. The van der Waals surface area contributed by atoms with E-state index in [2.05, 4.69) is 0 Å². The topological polar surface area (TPSA) is 72.3 Å². The summed E-state index contributed by atoms with van der Waals surface area (Å²) in [6, 6.07) is 13.7. The lowest BCUT2D eigenvalue weighted by atomic mass is 10.2. The average molecular weight is 315 g/mol. The van der Waals surface area contributed by atoms with Crippen molar-refractivity contribution in [3.8, 4) is 0 Å². The summed E-state index contributed by atoms with van der Waals surface area (Å²) >= 11 is 1.61. The van der Waals surface area contributed by atoms with Crippen molar-refractivity contribution >= 4 is 23.3 Å². The molecule has 0 saturated heterocycles. The molecule has 1 heterocycles. The first-order valence-electron chi connectivity index (χ1n) is 7.22. The Morgan fingerprint density at radius 2 is 2.00 bits per heavy atom. The van der Waals surface area contributed by atoms with Crippen LogP contribution in [0.15, 0.2) is 53.9 Å². The Kier molecular flexibility index (Phi) is 6.33. The number of hydrogen-bond donors (Lipinski definition) is 2. The van der Waals surface area contributed by atoms with Crippen LogP contribution in [0.3, 0.4) is 0 Å². The maximum Gasteiger partial charge on any atom is 0.248 e. The highest BCUT2D eigenvalue weighted by Gasteiger charge is 2.18. The zero-order valence-corrected chi connectivity index (χ0v) is 13.2. The SMILES string of the molecule is NCCC(N)N(Cc1cccs1)C(=O)/C=C/c1ccccc1. The lowest BCUT2D eigenvalue weighted by Gasteiger charge is -2.27. The minimum atomic E-state index is -0.375. The van der Waals surface area contributed by atoms with E-state index in [4.69, 9.17) is 11.5 Å². The average Bonchev–Trinajstić information content (AvgIpc) is 3.04. The molecule has 1 aromatic carbocycles. The Morgan fingerprint density at radius 1 is 1.23 bits per heavy atom. The van der Waals surface area contributed by atoms with E-state index in [-0.39, 0.29) is 12.1 Å². The molecule has 1 aromatic heterocycles. The fourth-order valence-corrected chi connectivity index (χ4v) is 2.79. The van der Waals surface area contributed by atoms with Gasteiger partial charge in [-0.15, -0.1) is 11.3 Å². The van der Waals surface area contributed by atoms with Crippen molar-refractivity contribution in [1.29, 1.82) is 0 Å². The largest absolute Gasteiger partial charge is 0.330 e. The number of amides is 1. The molecule has 0 aliphatic heterocycles. The first-order chi connectivity index (χ1) is 10.7. The summed E-state index contributed by atoms with van der Waals surface area (Å²) in [7, 11) is 0. The number of hydrogen-bond acceptors (Lipinski definition) is 4. The minimum Gasteiger partial charge on any atom is -0.330 e. The Hall–Kier alpha value is -1.95. The van der Waals surface area contributed by atoms with Crippen LogP contribution in [0, 0.1) is 0 Å². The van der Waals surface area contributed by atoms with Crippen molar-refractivity contribution in [3.05, 3.63) is 64.4 Å². The number of carbonyl (C=O) groups is 1. The van der Waals surface area contributed by atoms with Gasteiger partial charge in [0.05, 0.1) is 12.7 Å². The zero-order chi connectivity index (χ0) is 15.8. The molecular formula is C17H21N3OS. The Morgan fingerprint density at radius 3 is 2.64 bits per heavy atom. The second-order valence-electron chi connectivity index (χ2n) is 4.93. The quantitative estimate of drug-likeness (QED) is 0.609. The van der Waals surface area contributed by atoms with E-state index >= 15 is 0 Å². The predicted molar refractivity (Wildman–Crippen MR) is 92.0 cm³/mol. The smallest absolute Gasteiger partial charge is 0.248 e. The number of benzene rings is 1. The van der Waals surface area contributed by atoms with E-state index < -0.39 is 0 Å². The molecule has 0 spiro atoms. The van der Waals surface area contributed by atoms with Crippen LogP contribution in [0.2, 0.25) is 0 Å². The summed E-state index contributed by atoms with van der Waals surface area (Å²) in [6.07, 6.45) is 3.58. The van der Waals surface area contributed by atoms with Crippen LogP contribution in [0.1, 0.15) is 16.9 Å². The Balaban J connectivity index is 2.09. The van der Waals surface area contributed by atoms with Gasteiger partial charge in [0.1, 0.15) is 0 Å². The second-order valence-corrected chi connectivity index (χ2v) is 5.97. The number of nitrogens with two attached hydrogens (primary N) is 2. The van der Waals surface area contributed by atoms with Gasteiger partial charge in [-0.1, -0.05) is 36.4 Å². The number of thiophene rings is 1. The molecule has 5 heteroatoms. The van der Waals surface area contributed by atoms with Gasteiger partial charge in [0.2, 0.25) is 5.91 Å². The molecule has 1 amide bonds. The van der Waals surface area contributed by atoms with Crippen molar-refractivity contribution in [2.75, 3.05) is 6.54 Å². The van der Waals surface area contributed by atoms with Crippen LogP contribution < -0.4 is 11.5 Å². The van der Waals surface area contributed by atoms with Crippen molar-refractivity contribution in [1.82, 2.24) is 4.90 Å². The van der Waals surface area contributed by atoms with Gasteiger partial charge in [0.25, 0.3) is 0 Å². The molecule has 4 nitrogen and oxygen atoms in total. The van der Waals surface area contributed by atoms with E-state index in [1.54, 1.807) is 28.4 Å². The van der Waals surface area contributed by atoms with Gasteiger partial charge in [0, 0.05) is 11.0 Å². The minimum absolute atomic E-state index is 0.0989. The monoisotopic (exact) mass is 315 g/mol. The Labute approximate surface area is 135 Å². The molecule has 1 atom stereocenters.